The van der Waals surface area contributed by atoms with E-state index in [9.17, 15) is 0 Å². The molecule has 0 saturated heterocycles. The van der Waals surface area contributed by atoms with Crippen molar-refractivity contribution in [1.82, 2.24) is 25.4 Å². The molecule has 1 heterocycles. The highest BCUT2D eigenvalue weighted by molar-refractivity contribution is 14.0. The number of aliphatic imine (C=N–C) groups is 1. The Hall–Kier alpha value is -1.000. The first-order valence-corrected chi connectivity index (χ1v) is 11.5. The summed E-state index contributed by atoms with van der Waals surface area (Å²) < 4.78 is 2.38. The predicted octanol–water partition coefficient (Wildman–Crippen LogP) is 4.68. The Bertz CT molecular complexity index is 774. The highest BCUT2D eigenvalue weighted by Crippen LogP contribution is 2.33. The molecule has 1 saturated carbocycles. The third-order valence-electron chi connectivity index (χ3n) is 5.07. The van der Waals surface area contributed by atoms with E-state index in [4.69, 9.17) is 11.6 Å². The Balaban J connectivity index is 0.00000300. The molecule has 0 aliphatic heterocycles. The monoisotopic (exact) mass is 548 g/mol. The second-order valence-corrected chi connectivity index (χ2v) is 8.20. The molecule has 6 nitrogen and oxygen atoms in total. The number of aryl methyl sites for hydroxylation is 1. The van der Waals surface area contributed by atoms with E-state index in [-0.39, 0.29) is 24.0 Å². The molecule has 0 amide bonds. The first kappa shape index (κ1) is 24.3. The van der Waals surface area contributed by atoms with Crippen LogP contribution in [0, 0.1) is 0 Å². The second-order valence-electron chi connectivity index (χ2n) is 6.99. The molecule has 1 fully saturated rings. The second kappa shape index (κ2) is 12.6. The zero-order valence-electron chi connectivity index (χ0n) is 17.0. The van der Waals surface area contributed by atoms with Gasteiger partial charge in [-0.05, 0) is 43.2 Å². The molecule has 0 atom stereocenters. The summed E-state index contributed by atoms with van der Waals surface area (Å²) >= 11 is 7.62. The summed E-state index contributed by atoms with van der Waals surface area (Å²) in [5, 5.41) is 17.4. The van der Waals surface area contributed by atoms with Crippen molar-refractivity contribution in [3.05, 3.63) is 40.7 Å². The summed E-state index contributed by atoms with van der Waals surface area (Å²) in [4.78, 5) is 4.30. The summed E-state index contributed by atoms with van der Waals surface area (Å²) in [5.41, 5.74) is 1.17. The highest BCUT2D eigenvalue weighted by Gasteiger charge is 2.23. The van der Waals surface area contributed by atoms with E-state index in [0.29, 0.717) is 12.6 Å². The largest absolute Gasteiger partial charge is 0.356 e. The van der Waals surface area contributed by atoms with E-state index in [1.807, 2.05) is 24.3 Å². The van der Waals surface area contributed by atoms with E-state index < -0.39 is 0 Å². The van der Waals surface area contributed by atoms with Crippen LogP contribution >= 0.6 is 47.3 Å². The Morgan fingerprint density at radius 2 is 1.93 bits per heavy atom. The smallest absolute Gasteiger partial charge is 0.191 e. The fourth-order valence-electron chi connectivity index (χ4n) is 3.61. The van der Waals surface area contributed by atoms with Crippen LogP contribution in [-0.2, 0) is 13.0 Å². The first-order chi connectivity index (χ1) is 13.7. The van der Waals surface area contributed by atoms with E-state index >= 15 is 0 Å². The molecular formula is C20H30ClIN6S. The van der Waals surface area contributed by atoms with Crippen molar-refractivity contribution in [2.45, 2.75) is 56.3 Å². The number of hydrogen-bond donors (Lipinski definition) is 2. The van der Waals surface area contributed by atoms with Crippen LogP contribution in [0.4, 0.5) is 0 Å². The summed E-state index contributed by atoms with van der Waals surface area (Å²) in [6.45, 7) is 1.55. The molecule has 0 radical (unpaired) electrons. The fourth-order valence-corrected chi connectivity index (χ4v) is 4.31. The average Bonchev–Trinajstić information content (AvgIpc) is 3.37. The number of hydrogen-bond acceptors (Lipinski definition) is 4. The van der Waals surface area contributed by atoms with Gasteiger partial charge in [0.2, 0.25) is 0 Å². The maximum absolute atomic E-state index is 5.93. The average molecular weight is 549 g/mol. The third-order valence-corrected chi connectivity index (χ3v) is 5.97. The molecular weight excluding hydrogens is 519 g/mol. The van der Waals surface area contributed by atoms with Gasteiger partial charge >= 0.3 is 0 Å². The van der Waals surface area contributed by atoms with Gasteiger partial charge in [0.15, 0.2) is 11.1 Å². The molecule has 1 aliphatic rings. The topological polar surface area (TPSA) is 67.1 Å². The number of halogens is 2. The lowest BCUT2D eigenvalue weighted by molar-refractivity contribution is 0.460. The minimum atomic E-state index is 0. The molecule has 3 rings (SSSR count). The van der Waals surface area contributed by atoms with Crippen molar-refractivity contribution in [3.63, 3.8) is 0 Å². The van der Waals surface area contributed by atoms with Gasteiger partial charge in [-0.25, -0.2) is 0 Å². The minimum absolute atomic E-state index is 0. The minimum Gasteiger partial charge on any atom is -0.356 e. The number of nitrogens with zero attached hydrogens (tertiary/aromatic N) is 4. The molecule has 0 bridgehead atoms. The zero-order valence-corrected chi connectivity index (χ0v) is 20.9. The molecule has 9 heteroatoms. The maximum Gasteiger partial charge on any atom is 0.191 e. The lowest BCUT2D eigenvalue weighted by atomic mass is 10.2. The number of nitrogens with one attached hydrogen (secondary N) is 2. The van der Waals surface area contributed by atoms with E-state index in [2.05, 4.69) is 36.6 Å². The Kier molecular flexibility index (Phi) is 10.6. The number of rotatable bonds is 8. The van der Waals surface area contributed by atoms with Crippen molar-refractivity contribution < 1.29 is 0 Å². The third kappa shape index (κ3) is 7.03. The molecule has 0 unspecified atom stereocenters. The van der Waals surface area contributed by atoms with Crippen LogP contribution in [0.25, 0.3) is 0 Å². The van der Waals surface area contributed by atoms with Crippen LogP contribution in [0.3, 0.4) is 0 Å². The van der Waals surface area contributed by atoms with Crippen LogP contribution in [0.2, 0.25) is 5.02 Å². The molecule has 1 aliphatic carbocycles. The highest BCUT2D eigenvalue weighted by atomic mass is 127. The molecule has 0 spiro atoms. The summed E-state index contributed by atoms with van der Waals surface area (Å²) in [6, 6.07) is 8.41. The van der Waals surface area contributed by atoms with Crippen LogP contribution in [0.15, 0.2) is 34.4 Å². The molecule has 29 heavy (non-hydrogen) atoms. The van der Waals surface area contributed by atoms with Gasteiger partial charge < -0.3 is 15.2 Å². The van der Waals surface area contributed by atoms with E-state index in [0.717, 1.165) is 41.3 Å². The van der Waals surface area contributed by atoms with Crippen LogP contribution in [0.5, 0.6) is 0 Å². The van der Waals surface area contributed by atoms with Gasteiger partial charge in [-0.2, -0.15) is 0 Å². The van der Waals surface area contributed by atoms with Crippen molar-refractivity contribution in [1.29, 1.82) is 0 Å². The lowest BCUT2D eigenvalue weighted by Gasteiger charge is -2.16. The summed E-state index contributed by atoms with van der Waals surface area (Å²) in [7, 11) is 1.79. The maximum atomic E-state index is 5.93. The summed E-state index contributed by atoms with van der Waals surface area (Å²) in [6.07, 6.45) is 9.11. The SMILES string of the molecule is CN=C(NCCCc1nnc(SC)n1C1CCCC1)NCc1ccc(Cl)cc1.I. The van der Waals surface area contributed by atoms with Gasteiger partial charge in [0.1, 0.15) is 5.82 Å². The number of aromatic nitrogens is 3. The van der Waals surface area contributed by atoms with Gasteiger partial charge in [-0.15, -0.1) is 34.2 Å². The number of benzene rings is 1. The molecule has 2 N–H and O–H groups in total. The van der Waals surface area contributed by atoms with Gasteiger partial charge in [0, 0.05) is 37.6 Å². The zero-order chi connectivity index (χ0) is 19.8. The Morgan fingerprint density at radius 3 is 2.59 bits per heavy atom. The van der Waals surface area contributed by atoms with Crippen molar-refractivity contribution >= 4 is 53.3 Å². The molecule has 160 valence electrons. The predicted molar refractivity (Wildman–Crippen MR) is 133 cm³/mol. The lowest BCUT2D eigenvalue weighted by Crippen LogP contribution is -2.37. The van der Waals surface area contributed by atoms with Crippen LogP contribution in [0.1, 0.15) is 49.5 Å². The van der Waals surface area contributed by atoms with Crippen LogP contribution < -0.4 is 10.6 Å². The Morgan fingerprint density at radius 1 is 1.21 bits per heavy atom. The quantitative estimate of drug-likeness (QED) is 0.165. The number of guanidine groups is 1. The van der Waals surface area contributed by atoms with Gasteiger partial charge in [-0.3, -0.25) is 4.99 Å². The van der Waals surface area contributed by atoms with Crippen molar-refractivity contribution in [2.24, 2.45) is 4.99 Å². The number of thioether (sulfide) groups is 1. The van der Waals surface area contributed by atoms with Gasteiger partial charge in [0.25, 0.3) is 0 Å². The molecule has 1 aromatic heterocycles. The molecule has 2 aromatic rings. The fraction of sp³-hybridized carbons (Fsp3) is 0.550. The Labute approximate surface area is 199 Å². The van der Waals surface area contributed by atoms with Gasteiger partial charge in [0.05, 0.1) is 0 Å². The van der Waals surface area contributed by atoms with Crippen molar-refractivity contribution in [3.8, 4) is 0 Å². The summed E-state index contributed by atoms with van der Waals surface area (Å²) in [5.74, 6) is 1.92. The van der Waals surface area contributed by atoms with E-state index in [1.54, 1.807) is 18.8 Å². The standard InChI is InChI=1S/C20H29ClN6S.HI/c1-22-19(24-14-15-9-11-16(21)12-10-15)23-13-5-8-18-25-26-20(28-2)27(18)17-6-3-4-7-17;/h9-12,17H,3-8,13-14H2,1-2H3,(H2,22,23,24);1H. The van der Waals surface area contributed by atoms with Gasteiger partial charge in [-0.1, -0.05) is 48.3 Å². The van der Waals surface area contributed by atoms with E-state index in [1.165, 1.54) is 31.2 Å². The molecule has 1 aromatic carbocycles. The first-order valence-electron chi connectivity index (χ1n) is 9.88. The van der Waals surface area contributed by atoms with Crippen LogP contribution in [-0.4, -0.2) is 40.6 Å². The normalized spacial score (nSPS) is 14.7. The van der Waals surface area contributed by atoms with Crippen molar-refractivity contribution in [2.75, 3.05) is 19.8 Å².